The van der Waals surface area contributed by atoms with Crippen LogP contribution < -0.4 is 11.1 Å². The first-order valence-electron chi connectivity index (χ1n) is 12.1. The van der Waals surface area contributed by atoms with Crippen molar-refractivity contribution in [3.63, 3.8) is 0 Å². The van der Waals surface area contributed by atoms with E-state index in [4.69, 9.17) is 8.48 Å². The van der Waals surface area contributed by atoms with Gasteiger partial charge in [0, 0.05) is 20.1 Å². The topological polar surface area (TPSA) is 133 Å². The van der Waals surface area contributed by atoms with E-state index in [2.05, 4.69) is 5.32 Å². The molecule has 0 fully saturated rings. The Labute approximate surface area is 205 Å². The Bertz CT molecular complexity index is 1140. The Kier molecular flexibility index (Phi) is 7.75. The van der Waals surface area contributed by atoms with Crippen molar-refractivity contribution in [2.45, 2.75) is 57.6 Å². The largest absolute Gasteiger partial charge is 0.465 e. The Morgan fingerprint density at radius 3 is 2.18 bits per heavy atom. The minimum atomic E-state index is -4.37. The Hall–Kier alpha value is -2.62. The molecule has 2 aromatic rings. The van der Waals surface area contributed by atoms with Gasteiger partial charge < -0.3 is 21.3 Å². The SMILES string of the molecule is [2H]C(N(CC(C)C)S(=O)(=O)c1ccc(N)cc1)[C@@]([2H])(O)C(Cc1ccccc1)(NC(=O)O)C(C)(C)C. The molecule has 0 aliphatic heterocycles. The van der Waals surface area contributed by atoms with Crippen molar-refractivity contribution in [2.24, 2.45) is 11.3 Å². The van der Waals surface area contributed by atoms with Gasteiger partial charge in [-0.2, -0.15) is 4.31 Å². The molecule has 8 nitrogen and oxygen atoms in total. The van der Waals surface area contributed by atoms with Crippen LogP contribution in [-0.4, -0.2) is 53.7 Å². The molecule has 0 aliphatic rings. The van der Waals surface area contributed by atoms with Gasteiger partial charge in [-0.15, -0.1) is 0 Å². The first-order valence-corrected chi connectivity index (χ1v) is 12.5. The first-order chi connectivity index (χ1) is 16.5. The minimum Gasteiger partial charge on any atom is -0.465 e. The van der Waals surface area contributed by atoms with Crippen molar-refractivity contribution in [3.8, 4) is 0 Å². The second-order valence-corrected chi connectivity index (χ2v) is 11.7. The third-order valence-corrected chi connectivity index (χ3v) is 7.39. The first kappa shape index (κ1) is 24.5. The van der Waals surface area contributed by atoms with E-state index < -0.39 is 39.7 Å². The second-order valence-electron chi connectivity index (χ2n) is 9.80. The van der Waals surface area contributed by atoms with Gasteiger partial charge in [-0.05, 0) is 47.6 Å². The number of sulfonamides is 1. The van der Waals surface area contributed by atoms with E-state index in [0.29, 0.717) is 11.3 Å². The number of nitrogens with one attached hydrogen (secondary N) is 1. The molecule has 34 heavy (non-hydrogen) atoms. The lowest BCUT2D eigenvalue weighted by atomic mass is 9.66. The normalized spacial score (nSPS) is 17.9. The molecule has 0 bridgehead atoms. The van der Waals surface area contributed by atoms with Gasteiger partial charge >= 0.3 is 6.09 Å². The highest BCUT2D eigenvalue weighted by molar-refractivity contribution is 7.89. The van der Waals surface area contributed by atoms with E-state index in [9.17, 15) is 23.4 Å². The molecular formula is C25H37N3O5S. The zero-order valence-corrected chi connectivity index (χ0v) is 21.1. The maximum atomic E-state index is 13.7. The van der Waals surface area contributed by atoms with Crippen molar-refractivity contribution < 1.29 is 26.2 Å². The number of amides is 1. The molecule has 9 heteroatoms. The average molecular weight is 494 g/mol. The fourth-order valence-corrected chi connectivity index (χ4v) is 5.21. The maximum Gasteiger partial charge on any atom is 0.405 e. The molecule has 2 aromatic carbocycles. The van der Waals surface area contributed by atoms with E-state index in [1.165, 1.54) is 24.3 Å². The average Bonchev–Trinajstić information content (AvgIpc) is 2.76. The van der Waals surface area contributed by atoms with Crippen LogP contribution in [0.4, 0.5) is 10.5 Å². The number of nitrogens with two attached hydrogens (primary N) is 1. The van der Waals surface area contributed by atoms with Crippen LogP contribution in [0.3, 0.4) is 0 Å². The summed E-state index contributed by atoms with van der Waals surface area (Å²) in [6.07, 6.45) is -4.58. The third kappa shape index (κ3) is 6.49. The molecule has 0 radical (unpaired) electrons. The third-order valence-electron chi connectivity index (χ3n) is 5.65. The predicted molar refractivity (Wildman–Crippen MR) is 134 cm³/mol. The monoisotopic (exact) mass is 493 g/mol. The summed E-state index contributed by atoms with van der Waals surface area (Å²) in [6.45, 7) is 6.14. The zero-order valence-electron chi connectivity index (χ0n) is 22.3. The van der Waals surface area contributed by atoms with Crippen LogP contribution in [0.2, 0.25) is 0 Å². The molecule has 0 saturated heterocycles. The van der Waals surface area contributed by atoms with Gasteiger partial charge in [0.05, 0.1) is 17.9 Å². The van der Waals surface area contributed by atoms with Crippen molar-refractivity contribution in [1.82, 2.24) is 9.62 Å². The van der Waals surface area contributed by atoms with Crippen LogP contribution in [0.25, 0.3) is 0 Å². The summed E-state index contributed by atoms with van der Waals surface area (Å²) in [6, 6.07) is 14.1. The standard InChI is InChI=1S/C25H37N3O5S/c1-18(2)16-28(34(32,33)21-13-11-20(26)12-14-21)17-22(29)25(24(3,4)5,27-23(30)31)15-19-9-7-6-8-10-19/h6-14,18,22,27,29H,15-17,26H2,1-5H3,(H,30,31)/t22-,25?/m1/s1/i17D,22D/t17?,22-,25?. The number of nitrogens with zero attached hydrogens (tertiary/aromatic N) is 1. The lowest BCUT2D eigenvalue weighted by Crippen LogP contribution is -2.67. The van der Waals surface area contributed by atoms with Crippen molar-refractivity contribution >= 4 is 21.8 Å². The molecule has 0 aliphatic carbocycles. The molecule has 0 spiro atoms. The van der Waals surface area contributed by atoms with Crippen LogP contribution in [-0.2, 0) is 16.4 Å². The summed E-state index contributed by atoms with van der Waals surface area (Å²) < 4.78 is 46.1. The van der Waals surface area contributed by atoms with E-state index in [-0.39, 0.29) is 23.8 Å². The summed E-state index contributed by atoms with van der Waals surface area (Å²) in [5.41, 5.74) is 3.56. The quantitative estimate of drug-likeness (QED) is 0.374. The summed E-state index contributed by atoms with van der Waals surface area (Å²) in [7, 11) is -4.37. The molecule has 2 unspecified atom stereocenters. The fourth-order valence-electron chi connectivity index (χ4n) is 3.72. The smallest absolute Gasteiger partial charge is 0.405 e. The fraction of sp³-hybridized carbons (Fsp3) is 0.480. The number of benzene rings is 2. The molecule has 188 valence electrons. The number of hydrogen-bond donors (Lipinski definition) is 4. The van der Waals surface area contributed by atoms with Gasteiger partial charge in [0.15, 0.2) is 0 Å². The predicted octanol–water partition coefficient (Wildman–Crippen LogP) is 3.57. The maximum absolute atomic E-state index is 13.7. The highest BCUT2D eigenvalue weighted by Crippen LogP contribution is 2.37. The van der Waals surface area contributed by atoms with Crippen LogP contribution in [0.1, 0.15) is 42.9 Å². The van der Waals surface area contributed by atoms with Crippen LogP contribution in [0.5, 0.6) is 0 Å². The van der Waals surface area contributed by atoms with Gasteiger partial charge in [-0.1, -0.05) is 65.0 Å². The number of anilines is 1. The van der Waals surface area contributed by atoms with E-state index in [1.807, 2.05) is 0 Å². The number of hydrogen-bond acceptors (Lipinski definition) is 5. The van der Waals surface area contributed by atoms with Gasteiger partial charge in [0.25, 0.3) is 0 Å². The van der Waals surface area contributed by atoms with Crippen molar-refractivity contribution in [1.29, 1.82) is 0 Å². The number of rotatable bonds is 10. The second kappa shape index (κ2) is 10.8. The minimum absolute atomic E-state index is 0.152. The highest BCUT2D eigenvalue weighted by Gasteiger charge is 2.50. The zero-order chi connectivity index (χ0) is 27.5. The van der Waals surface area contributed by atoms with Crippen LogP contribution >= 0.6 is 0 Å². The summed E-state index contributed by atoms with van der Waals surface area (Å²) in [4.78, 5) is 11.9. The Morgan fingerprint density at radius 1 is 1.15 bits per heavy atom. The molecule has 1 amide bonds. The molecule has 0 saturated carbocycles. The molecule has 0 heterocycles. The number of aliphatic hydroxyl groups is 1. The van der Waals surface area contributed by atoms with E-state index in [0.717, 1.165) is 4.31 Å². The van der Waals surface area contributed by atoms with Gasteiger partial charge in [-0.25, -0.2) is 13.2 Å². The number of nitrogen functional groups attached to an aromatic ring is 1. The molecule has 0 aromatic heterocycles. The molecule has 2 rings (SSSR count). The molecule has 5 N–H and O–H groups in total. The van der Waals surface area contributed by atoms with Crippen molar-refractivity contribution in [2.75, 3.05) is 18.8 Å². The Balaban J connectivity index is 2.74. The number of carbonyl (C=O) groups is 1. The summed E-state index contributed by atoms with van der Waals surface area (Å²) in [5.74, 6) is -0.261. The highest BCUT2D eigenvalue weighted by atomic mass is 32.2. The molecule has 3 atom stereocenters. The van der Waals surface area contributed by atoms with Crippen molar-refractivity contribution in [3.05, 3.63) is 60.2 Å². The summed E-state index contributed by atoms with van der Waals surface area (Å²) >= 11 is 0. The lowest BCUT2D eigenvalue weighted by Gasteiger charge is -2.49. The van der Waals surface area contributed by atoms with Crippen LogP contribution in [0.15, 0.2) is 59.5 Å². The van der Waals surface area contributed by atoms with Crippen LogP contribution in [0, 0.1) is 11.3 Å². The van der Waals surface area contributed by atoms with Gasteiger partial charge in [0.2, 0.25) is 10.0 Å². The van der Waals surface area contributed by atoms with E-state index in [1.54, 1.807) is 65.0 Å². The van der Waals surface area contributed by atoms with Gasteiger partial charge in [0.1, 0.15) is 0 Å². The number of carboxylic acid groups (broad SMARTS) is 1. The van der Waals surface area contributed by atoms with Gasteiger partial charge in [-0.3, -0.25) is 0 Å². The van der Waals surface area contributed by atoms with E-state index >= 15 is 0 Å². The Morgan fingerprint density at radius 2 is 1.71 bits per heavy atom. The lowest BCUT2D eigenvalue weighted by molar-refractivity contribution is -0.0185. The molecular weight excluding hydrogens is 454 g/mol. The summed E-state index contributed by atoms with van der Waals surface area (Å²) in [5, 5.41) is 23.9.